The molecule has 0 saturated heterocycles. The number of hydrogen-bond donors (Lipinski definition) is 0. The van der Waals surface area contributed by atoms with Crippen molar-refractivity contribution in [1.82, 2.24) is 0 Å². The van der Waals surface area contributed by atoms with E-state index in [9.17, 15) is 0 Å². The van der Waals surface area contributed by atoms with Crippen molar-refractivity contribution in [1.29, 1.82) is 0 Å². The van der Waals surface area contributed by atoms with E-state index in [1.54, 1.807) is 0 Å². The van der Waals surface area contributed by atoms with E-state index in [4.69, 9.17) is 4.42 Å². The molecule has 0 bridgehead atoms. The minimum absolute atomic E-state index is 0.913. The van der Waals surface area contributed by atoms with Crippen molar-refractivity contribution in [3.05, 3.63) is 158 Å². The minimum atomic E-state index is 0.913. The fourth-order valence-corrected chi connectivity index (χ4v) is 6.96. The smallest absolute Gasteiger partial charge is 0.143 e. The van der Waals surface area contributed by atoms with Crippen LogP contribution in [0.1, 0.15) is 13.8 Å². The van der Waals surface area contributed by atoms with Crippen LogP contribution >= 0.6 is 0 Å². The summed E-state index contributed by atoms with van der Waals surface area (Å²) in [5, 5.41) is 9.60. The second-order valence-corrected chi connectivity index (χ2v) is 11.2. The molecule has 8 aromatic carbocycles. The first-order chi connectivity index (χ1) is 22.3. The van der Waals surface area contributed by atoms with Crippen LogP contribution in [0.25, 0.3) is 87.6 Å². The minimum Gasteiger partial charge on any atom is -0.455 e. The Morgan fingerprint density at radius 3 is 1.58 bits per heavy atom. The predicted molar refractivity (Wildman–Crippen MR) is 194 cm³/mol. The first-order valence-electron chi connectivity index (χ1n) is 15.8. The van der Waals surface area contributed by atoms with Crippen molar-refractivity contribution in [2.24, 2.45) is 0 Å². The normalized spacial score (nSPS) is 11.3. The number of fused-ring (bicyclic) bond motifs is 7. The molecule has 9 aromatic rings. The highest BCUT2D eigenvalue weighted by molar-refractivity contribution is 6.23. The van der Waals surface area contributed by atoms with Gasteiger partial charge in [0.25, 0.3) is 0 Å². The van der Waals surface area contributed by atoms with Crippen LogP contribution in [-0.2, 0) is 0 Å². The third-order valence-corrected chi connectivity index (χ3v) is 8.86. The quantitative estimate of drug-likeness (QED) is 0.191. The van der Waals surface area contributed by atoms with Gasteiger partial charge in [-0.2, -0.15) is 0 Å². The molecule has 0 unspecified atom stereocenters. The Hall–Kier alpha value is -5.66. The molecule has 1 heteroatoms. The molecule has 9 rings (SSSR count). The SMILES string of the molecule is CC.c1ccc(-c2ccccc2-c2c3ccccc3c(-c3ccc4c(c3)oc3c5ccccc5ccc43)c3ccccc23)cc1. The van der Waals surface area contributed by atoms with Crippen LogP contribution in [0, 0.1) is 0 Å². The standard InChI is InChI=1S/C42H26O.C2H6/c1-2-12-27(13-3-1)30-15-6-7-17-33(30)41-36-20-10-8-18-34(36)40(35-19-9-11-21-37(35)41)29-23-24-32-38-25-22-28-14-4-5-16-31(28)42(38)43-39(32)26-29;1-2/h1-26H;1-2H3. The summed E-state index contributed by atoms with van der Waals surface area (Å²) in [5.74, 6) is 0. The van der Waals surface area contributed by atoms with Gasteiger partial charge in [-0.15, -0.1) is 0 Å². The lowest BCUT2D eigenvalue weighted by atomic mass is 9.84. The Bertz CT molecular complexity index is 2440. The molecule has 0 atom stereocenters. The van der Waals surface area contributed by atoms with Crippen LogP contribution in [-0.4, -0.2) is 0 Å². The number of benzene rings is 8. The molecule has 0 spiro atoms. The Morgan fingerprint density at radius 2 is 0.889 bits per heavy atom. The molecular weight excluding hydrogens is 544 g/mol. The summed E-state index contributed by atoms with van der Waals surface area (Å²) in [4.78, 5) is 0. The second kappa shape index (κ2) is 11.1. The van der Waals surface area contributed by atoms with Crippen LogP contribution in [0.4, 0.5) is 0 Å². The fourth-order valence-electron chi connectivity index (χ4n) is 6.96. The third-order valence-electron chi connectivity index (χ3n) is 8.86. The zero-order chi connectivity index (χ0) is 30.3. The van der Waals surface area contributed by atoms with E-state index in [2.05, 4.69) is 158 Å². The maximum Gasteiger partial charge on any atom is 0.143 e. The lowest BCUT2D eigenvalue weighted by Gasteiger charge is -2.19. The monoisotopic (exact) mass is 576 g/mol. The number of hydrogen-bond acceptors (Lipinski definition) is 1. The summed E-state index contributed by atoms with van der Waals surface area (Å²) < 4.78 is 6.61. The van der Waals surface area contributed by atoms with Gasteiger partial charge in [-0.3, -0.25) is 0 Å². The third kappa shape index (κ3) is 4.31. The van der Waals surface area contributed by atoms with Crippen molar-refractivity contribution in [2.75, 3.05) is 0 Å². The average molecular weight is 577 g/mol. The molecule has 0 aliphatic heterocycles. The first-order valence-corrected chi connectivity index (χ1v) is 15.8. The molecule has 0 fully saturated rings. The highest BCUT2D eigenvalue weighted by Gasteiger charge is 2.19. The second-order valence-electron chi connectivity index (χ2n) is 11.2. The largest absolute Gasteiger partial charge is 0.455 e. The fraction of sp³-hybridized carbons (Fsp3) is 0.0455. The van der Waals surface area contributed by atoms with Crippen molar-refractivity contribution < 1.29 is 4.42 Å². The summed E-state index contributed by atoms with van der Waals surface area (Å²) >= 11 is 0. The zero-order valence-corrected chi connectivity index (χ0v) is 25.4. The van der Waals surface area contributed by atoms with Gasteiger partial charge >= 0.3 is 0 Å². The van der Waals surface area contributed by atoms with E-state index in [-0.39, 0.29) is 0 Å². The van der Waals surface area contributed by atoms with Crippen molar-refractivity contribution >= 4 is 54.3 Å². The van der Waals surface area contributed by atoms with Gasteiger partial charge in [-0.1, -0.05) is 153 Å². The van der Waals surface area contributed by atoms with E-state index in [1.165, 1.54) is 54.7 Å². The molecule has 0 saturated carbocycles. The number of rotatable bonds is 3. The predicted octanol–water partition coefficient (Wildman–Crippen LogP) is 13.1. The Labute approximate surface area is 263 Å². The molecule has 1 nitrogen and oxygen atoms in total. The highest BCUT2D eigenvalue weighted by atomic mass is 16.3. The Balaban J connectivity index is 0.00000147. The molecule has 0 aliphatic carbocycles. The molecule has 0 amide bonds. The summed E-state index contributed by atoms with van der Waals surface area (Å²) in [6, 6.07) is 56.7. The van der Waals surface area contributed by atoms with Gasteiger partial charge in [0.05, 0.1) is 0 Å². The van der Waals surface area contributed by atoms with Gasteiger partial charge in [0.15, 0.2) is 0 Å². The van der Waals surface area contributed by atoms with E-state index in [1.807, 2.05) is 13.8 Å². The van der Waals surface area contributed by atoms with Crippen LogP contribution in [0.15, 0.2) is 162 Å². The van der Waals surface area contributed by atoms with Crippen molar-refractivity contribution in [2.45, 2.75) is 13.8 Å². The lowest BCUT2D eigenvalue weighted by molar-refractivity contribution is 0.673. The Morgan fingerprint density at radius 1 is 0.356 bits per heavy atom. The summed E-state index contributed by atoms with van der Waals surface area (Å²) in [6.07, 6.45) is 0. The summed E-state index contributed by atoms with van der Waals surface area (Å²) in [7, 11) is 0. The van der Waals surface area contributed by atoms with Crippen molar-refractivity contribution in [3.63, 3.8) is 0 Å². The van der Waals surface area contributed by atoms with Crippen LogP contribution in [0.3, 0.4) is 0 Å². The van der Waals surface area contributed by atoms with Gasteiger partial charge < -0.3 is 4.42 Å². The molecule has 214 valence electrons. The maximum absolute atomic E-state index is 6.61. The molecule has 1 aromatic heterocycles. The van der Waals surface area contributed by atoms with Gasteiger partial charge in [0, 0.05) is 16.2 Å². The number of furan rings is 1. The summed E-state index contributed by atoms with van der Waals surface area (Å²) in [6.45, 7) is 4.00. The van der Waals surface area contributed by atoms with Gasteiger partial charge in [-0.05, 0) is 78.5 Å². The molecular formula is C44H32O. The van der Waals surface area contributed by atoms with Crippen LogP contribution in [0.2, 0.25) is 0 Å². The maximum atomic E-state index is 6.61. The van der Waals surface area contributed by atoms with Gasteiger partial charge in [0.1, 0.15) is 11.2 Å². The molecule has 45 heavy (non-hydrogen) atoms. The van der Waals surface area contributed by atoms with E-state index in [0.717, 1.165) is 32.9 Å². The van der Waals surface area contributed by atoms with E-state index in [0.29, 0.717) is 0 Å². The van der Waals surface area contributed by atoms with E-state index >= 15 is 0 Å². The molecule has 1 heterocycles. The topological polar surface area (TPSA) is 13.1 Å². The highest BCUT2D eigenvalue weighted by Crippen LogP contribution is 2.46. The first kappa shape index (κ1) is 26.9. The van der Waals surface area contributed by atoms with Gasteiger partial charge in [-0.25, -0.2) is 0 Å². The zero-order valence-electron chi connectivity index (χ0n) is 25.4. The molecule has 0 N–H and O–H groups in total. The van der Waals surface area contributed by atoms with Crippen LogP contribution < -0.4 is 0 Å². The average Bonchev–Trinajstić information content (AvgIpc) is 3.50. The summed E-state index contributed by atoms with van der Waals surface area (Å²) in [5.41, 5.74) is 9.23. The molecule has 0 radical (unpaired) electrons. The van der Waals surface area contributed by atoms with Crippen molar-refractivity contribution in [3.8, 4) is 33.4 Å². The van der Waals surface area contributed by atoms with E-state index < -0.39 is 0 Å². The molecule has 0 aliphatic rings. The lowest BCUT2D eigenvalue weighted by Crippen LogP contribution is -1.92. The Kier molecular flexibility index (Phi) is 6.65. The van der Waals surface area contributed by atoms with Gasteiger partial charge in [0.2, 0.25) is 0 Å². The van der Waals surface area contributed by atoms with Crippen LogP contribution in [0.5, 0.6) is 0 Å².